The molecule has 2 rings (SSSR count). The number of hydrogen-bond donors (Lipinski definition) is 1. The number of nitrogens with two attached hydrogens (primary N) is 1. The summed E-state index contributed by atoms with van der Waals surface area (Å²) in [4.78, 5) is 6.43. The molecular weight excluding hydrogens is 260 g/mol. The van der Waals surface area contributed by atoms with Gasteiger partial charge in [-0.15, -0.1) is 0 Å². The topological polar surface area (TPSA) is 65.9 Å². The second-order valence-corrected chi connectivity index (χ2v) is 5.04. The van der Waals surface area contributed by atoms with Crippen molar-refractivity contribution in [1.29, 1.82) is 5.26 Å². The van der Waals surface area contributed by atoms with E-state index >= 15 is 0 Å². The molecule has 1 aromatic heterocycles. The van der Waals surface area contributed by atoms with Gasteiger partial charge in [0, 0.05) is 44.1 Å². The van der Waals surface area contributed by atoms with Gasteiger partial charge in [0.05, 0.1) is 6.07 Å². The molecule has 108 valence electrons. The Kier molecular flexibility index (Phi) is 5.74. The number of nitrogen functional groups attached to an aromatic ring is 1. The predicted molar refractivity (Wildman–Crippen MR) is 84.3 cm³/mol. The summed E-state index contributed by atoms with van der Waals surface area (Å²) in [5, 5.41) is 8.79. The SMILES string of the molecule is N#CCCN(CCc1ccc(N)cc1)Cc1cccnc1. The monoisotopic (exact) mass is 280 g/mol. The summed E-state index contributed by atoms with van der Waals surface area (Å²) >= 11 is 0. The molecule has 0 aliphatic rings. The quantitative estimate of drug-likeness (QED) is 0.792. The molecule has 0 spiro atoms. The molecule has 0 amide bonds. The number of hydrogen-bond acceptors (Lipinski definition) is 4. The van der Waals surface area contributed by atoms with Crippen molar-refractivity contribution in [3.05, 3.63) is 59.9 Å². The van der Waals surface area contributed by atoms with Crippen molar-refractivity contribution in [2.75, 3.05) is 18.8 Å². The zero-order valence-corrected chi connectivity index (χ0v) is 12.1. The molecule has 0 fully saturated rings. The van der Waals surface area contributed by atoms with Crippen molar-refractivity contribution in [3.63, 3.8) is 0 Å². The van der Waals surface area contributed by atoms with Gasteiger partial charge in [0.1, 0.15) is 0 Å². The number of pyridine rings is 1. The van der Waals surface area contributed by atoms with Crippen LogP contribution in [0.2, 0.25) is 0 Å². The van der Waals surface area contributed by atoms with Gasteiger partial charge in [-0.05, 0) is 35.7 Å². The van der Waals surface area contributed by atoms with Gasteiger partial charge in [-0.25, -0.2) is 0 Å². The average molecular weight is 280 g/mol. The highest BCUT2D eigenvalue weighted by Gasteiger charge is 2.06. The maximum Gasteiger partial charge on any atom is 0.0635 e. The molecule has 4 nitrogen and oxygen atoms in total. The van der Waals surface area contributed by atoms with Crippen LogP contribution >= 0.6 is 0 Å². The van der Waals surface area contributed by atoms with E-state index in [-0.39, 0.29) is 0 Å². The second kappa shape index (κ2) is 8.03. The lowest BCUT2D eigenvalue weighted by Gasteiger charge is -2.21. The summed E-state index contributed by atoms with van der Waals surface area (Å²) in [7, 11) is 0. The third-order valence-corrected chi connectivity index (χ3v) is 3.37. The van der Waals surface area contributed by atoms with Crippen molar-refractivity contribution in [3.8, 4) is 6.07 Å². The molecule has 2 aromatic rings. The van der Waals surface area contributed by atoms with E-state index in [4.69, 9.17) is 11.0 Å². The van der Waals surface area contributed by atoms with E-state index in [0.29, 0.717) is 6.42 Å². The van der Waals surface area contributed by atoms with Gasteiger partial charge in [0.2, 0.25) is 0 Å². The third-order valence-electron chi connectivity index (χ3n) is 3.37. The molecule has 21 heavy (non-hydrogen) atoms. The molecule has 0 radical (unpaired) electrons. The van der Waals surface area contributed by atoms with Crippen LogP contribution in [0.3, 0.4) is 0 Å². The maximum atomic E-state index is 8.79. The minimum absolute atomic E-state index is 0.544. The molecular formula is C17H20N4. The fourth-order valence-corrected chi connectivity index (χ4v) is 2.20. The predicted octanol–water partition coefficient (Wildman–Crippen LogP) is 2.62. The van der Waals surface area contributed by atoms with Gasteiger partial charge in [0.15, 0.2) is 0 Å². The van der Waals surface area contributed by atoms with E-state index in [1.807, 2.05) is 24.4 Å². The smallest absolute Gasteiger partial charge is 0.0635 e. The van der Waals surface area contributed by atoms with Crippen LogP contribution < -0.4 is 5.73 Å². The maximum absolute atomic E-state index is 8.79. The fraction of sp³-hybridized carbons (Fsp3) is 0.294. The Hall–Kier alpha value is -2.38. The van der Waals surface area contributed by atoms with E-state index in [1.165, 1.54) is 11.1 Å². The summed E-state index contributed by atoms with van der Waals surface area (Å²) in [6, 6.07) is 14.2. The van der Waals surface area contributed by atoms with Gasteiger partial charge < -0.3 is 5.73 Å². The molecule has 0 aliphatic heterocycles. The van der Waals surface area contributed by atoms with E-state index in [2.05, 4.69) is 34.2 Å². The minimum atomic E-state index is 0.544. The Balaban J connectivity index is 1.93. The first-order chi connectivity index (χ1) is 10.3. The largest absolute Gasteiger partial charge is 0.399 e. The first-order valence-corrected chi connectivity index (χ1v) is 7.10. The normalized spacial score (nSPS) is 10.5. The molecule has 0 aliphatic carbocycles. The summed E-state index contributed by atoms with van der Waals surface area (Å²) in [6.07, 6.45) is 5.15. The molecule has 0 unspecified atom stereocenters. The number of benzene rings is 1. The zero-order chi connectivity index (χ0) is 14.9. The van der Waals surface area contributed by atoms with Crippen LogP contribution in [0, 0.1) is 11.3 Å². The summed E-state index contributed by atoms with van der Waals surface area (Å²) < 4.78 is 0. The lowest BCUT2D eigenvalue weighted by Crippen LogP contribution is -2.26. The molecule has 0 saturated heterocycles. The van der Waals surface area contributed by atoms with Crippen LogP contribution in [-0.2, 0) is 13.0 Å². The van der Waals surface area contributed by atoms with Crippen molar-refractivity contribution < 1.29 is 0 Å². The molecule has 2 N–H and O–H groups in total. The Bertz CT molecular complexity index is 572. The number of aromatic nitrogens is 1. The van der Waals surface area contributed by atoms with Crippen LogP contribution in [0.4, 0.5) is 5.69 Å². The molecule has 0 bridgehead atoms. The average Bonchev–Trinajstić information content (AvgIpc) is 2.52. The summed E-state index contributed by atoms with van der Waals surface area (Å²) in [5.41, 5.74) is 8.92. The molecule has 1 heterocycles. The van der Waals surface area contributed by atoms with Crippen molar-refractivity contribution in [2.45, 2.75) is 19.4 Å². The third kappa shape index (κ3) is 5.25. The highest BCUT2D eigenvalue weighted by atomic mass is 15.1. The van der Waals surface area contributed by atoms with Crippen LogP contribution in [0.1, 0.15) is 17.5 Å². The molecule has 4 heteroatoms. The number of nitriles is 1. The van der Waals surface area contributed by atoms with E-state index in [0.717, 1.165) is 31.7 Å². The van der Waals surface area contributed by atoms with Crippen molar-refractivity contribution in [1.82, 2.24) is 9.88 Å². The Labute approximate surface area is 125 Å². The van der Waals surface area contributed by atoms with Crippen LogP contribution in [0.5, 0.6) is 0 Å². The van der Waals surface area contributed by atoms with Gasteiger partial charge in [-0.2, -0.15) is 5.26 Å². The zero-order valence-electron chi connectivity index (χ0n) is 12.1. The highest BCUT2D eigenvalue weighted by Crippen LogP contribution is 2.09. The minimum Gasteiger partial charge on any atom is -0.399 e. The van der Waals surface area contributed by atoms with Crippen LogP contribution in [0.15, 0.2) is 48.8 Å². The standard InChI is InChI=1S/C17H20N4/c18-9-2-11-21(14-16-3-1-10-20-13-16)12-8-15-4-6-17(19)7-5-15/h1,3-7,10,13H,2,8,11-12,14,19H2. The highest BCUT2D eigenvalue weighted by molar-refractivity contribution is 5.39. The molecule has 0 atom stereocenters. The van der Waals surface area contributed by atoms with Crippen LogP contribution in [-0.4, -0.2) is 23.0 Å². The summed E-state index contributed by atoms with van der Waals surface area (Å²) in [5.74, 6) is 0. The first kappa shape index (κ1) is 15.0. The van der Waals surface area contributed by atoms with E-state index in [9.17, 15) is 0 Å². The van der Waals surface area contributed by atoms with Gasteiger partial charge in [0.25, 0.3) is 0 Å². The Morgan fingerprint density at radius 1 is 1.10 bits per heavy atom. The fourth-order valence-electron chi connectivity index (χ4n) is 2.20. The van der Waals surface area contributed by atoms with E-state index in [1.54, 1.807) is 6.20 Å². The lowest BCUT2D eigenvalue weighted by atomic mass is 10.1. The first-order valence-electron chi connectivity index (χ1n) is 7.10. The number of anilines is 1. The summed E-state index contributed by atoms with van der Waals surface area (Å²) in [6.45, 7) is 2.52. The second-order valence-electron chi connectivity index (χ2n) is 5.04. The van der Waals surface area contributed by atoms with Crippen LogP contribution in [0.25, 0.3) is 0 Å². The molecule has 0 saturated carbocycles. The van der Waals surface area contributed by atoms with Crippen molar-refractivity contribution >= 4 is 5.69 Å². The van der Waals surface area contributed by atoms with Gasteiger partial charge >= 0.3 is 0 Å². The molecule has 1 aromatic carbocycles. The number of nitrogens with zero attached hydrogens (tertiary/aromatic N) is 3. The van der Waals surface area contributed by atoms with E-state index < -0.39 is 0 Å². The van der Waals surface area contributed by atoms with Gasteiger partial charge in [-0.3, -0.25) is 9.88 Å². The number of rotatable bonds is 7. The lowest BCUT2D eigenvalue weighted by molar-refractivity contribution is 0.275. The Morgan fingerprint density at radius 2 is 1.90 bits per heavy atom. The van der Waals surface area contributed by atoms with Crippen molar-refractivity contribution in [2.24, 2.45) is 0 Å². The van der Waals surface area contributed by atoms with Gasteiger partial charge in [-0.1, -0.05) is 18.2 Å². The Morgan fingerprint density at radius 3 is 2.57 bits per heavy atom.